The maximum atomic E-state index is 12.0. The van der Waals surface area contributed by atoms with Crippen molar-refractivity contribution < 1.29 is 9.53 Å². The summed E-state index contributed by atoms with van der Waals surface area (Å²) in [5.41, 5.74) is 5.43. The van der Waals surface area contributed by atoms with Gasteiger partial charge in [0.05, 0.1) is 11.5 Å². The van der Waals surface area contributed by atoms with Crippen LogP contribution >= 0.6 is 12.2 Å². The van der Waals surface area contributed by atoms with Crippen LogP contribution in [-0.2, 0) is 9.53 Å². The molecule has 0 saturated carbocycles. The second-order valence-electron chi connectivity index (χ2n) is 4.79. The summed E-state index contributed by atoms with van der Waals surface area (Å²) in [6.45, 7) is 2.62. The van der Waals surface area contributed by atoms with Crippen molar-refractivity contribution in [2.24, 2.45) is 5.73 Å². The van der Waals surface area contributed by atoms with Crippen molar-refractivity contribution in [3.8, 4) is 0 Å². The van der Waals surface area contributed by atoms with Crippen molar-refractivity contribution in [2.45, 2.75) is 25.3 Å². The van der Waals surface area contributed by atoms with Crippen LogP contribution in [0.25, 0.3) is 0 Å². The molecule has 0 aromatic rings. The van der Waals surface area contributed by atoms with Crippen molar-refractivity contribution in [3.05, 3.63) is 0 Å². The van der Waals surface area contributed by atoms with Crippen molar-refractivity contribution in [2.75, 3.05) is 40.4 Å². The number of nitrogens with zero attached hydrogens (tertiary/aromatic N) is 2. The number of rotatable bonds is 6. The van der Waals surface area contributed by atoms with Crippen LogP contribution in [0.15, 0.2) is 0 Å². The normalized spacial score (nSPS) is 16.8. The molecule has 6 heteroatoms. The monoisotopic (exact) mass is 273 g/mol. The van der Waals surface area contributed by atoms with Gasteiger partial charge in [-0.1, -0.05) is 12.2 Å². The zero-order chi connectivity index (χ0) is 13.5. The average molecular weight is 273 g/mol. The molecule has 1 heterocycles. The Hall–Kier alpha value is -0.720. The zero-order valence-electron chi connectivity index (χ0n) is 11.2. The number of hydrogen-bond donors (Lipinski definition) is 1. The van der Waals surface area contributed by atoms with E-state index in [1.165, 1.54) is 0 Å². The van der Waals surface area contributed by atoms with Gasteiger partial charge < -0.3 is 15.4 Å². The van der Waals surface area contributed by atoms with Gasteiger partial charge >= 0.3 is 0 Å². The Kier molecular flexibility index (Phi) is 6.52. The van der Waals surface area contributed by atoms with E-state index < -0.39 is 0 Å². The summed E-state index contributed by atoms with van der Waals surface area (Å²) < 4.78 is 5.32. The highest BCUT2D eigenvalue weighted by molar-refractivity contribution is 7.80. The molecule has 1 saturated heterocycles. The molecule has 18 heavy (non-hydrogen) atoms. The summed E-state index contributed by atoms with van der Waals surface area (Å²) >= 11 is 4.81. The smallest absolute Gasteiger partial charge is 0.236 e. The first-order valence-electron chi connectivity index (χ1n) is 6.31. The summed E-state index contributed by atoms with van der Waals surface area (Å²) in [6, 6.07) is 0.451. The first kappa shape index (κ1) is 15.3. The van der Waals surface area contributed by atoms with Gasteiger partial charge in [-0.05, 0) is 19.9 Å². The van der Waals surface area contributed by atoms with Crippen molar-refractivity contribution in [3.63, 3.8) is 0 Å². The predicted octanol–water partition coefficient (Wildman–Crippen LogP) is 0.232. The van der Waals surface area contributed by atoms with Gasteiger partial charge in [-0.25, -0.2) is 0 Å². The molecule has 0 atom stereocenters. The van der Waals surface area contributed by atoms with E-state index in [0.29, 0.717) is 30.5 Å². The maximum absolute atomic E-state index is 12.0. The van der Waals surface area contributed by atoms with Crippen molar-refractivity contribution >= 4 is 23.1 Å². The number of carbonyl (C=O) groups is 1. The minimum Gasteiger partial charge on any atom is -0.393 e. The van der Waals surface area contributed by atoms with Crippen LogP contribution in [0.1, 0.15) is 19.3 Å². The second-order valence-corrected chi connectivity index (χ2v) is 5.31. The molecule has 2 N–H and O–H groups in total. The van der Waals surface area contributed by atoms with Gasteiger partial charge in [-0.2, -0.15) is 0 Å². The van der Waals surface area contributed by atoms with Gasteiger partial charge in [0.15, 0.2) is 0 Å². The Morgan fingerprint density at radius 2 is 2.00 bits per heavy atom. The molecule has 1 aliphatic rings. The zero-order valence-corrected chi connectivity index (χ0v) is 12.0. The third-order valence-corrected chi connectivity index (χ3v) is 3.52. The van der Waals surface area contributed by atoms with E-state index in [2.05, 4.69) is 4.90 Å². The summed E-state index contributed by atoms with van der Waals surface area (Å²) in [4.78, 5) is 16.2. The number of hydrogen-bond acceptors (Lipinski definition) is 4. The standard InChI is InChI=1S/C12H23N3O2S/c1-14(6-3-11(13)18)12(16)9-15(2)10-4-7-17-8-5-10/h10H,3-9H2,1-2H3,(H2,13,18). The van der Waals surface area contributed by atoms with Gasteiger partial charge in [0.25, 0.3) is 0 Å². The van der Waals surface area contributed by atoms with Gasteiger partial charge in [0, 0.05) is 39.3 Å². The van der Waals surface area contributed by atoms with E-state index >= 15 is 0 Å². The van der Waals surface area contributed by atoms with Crippen LogP contribution < -0.4 is 5.73 Å². The lowest BCUT2D eigenvalue weighted by Crippen LogP contribution is -2.44. The van der Waals surface area contributed by atoms with E-state index in [0.717, 1.165) is 26.1 Å². The van der Waals surface area contributed by atoms with Crippen LogP contribution in [0.5, 0.6) is 0 Å². The maximum Gasteiger partial charge on any atom is 0.236 e. The molecule has 0 aliphatic carbocycles. The third kappa shape index (κ3) is 5.29. The highest BCUT2D eigenvalue weighted by Gasteiger charge is 2.21. The fourth-order valence-electron chi connectivity index (χ4n) is 1.99. The lowest BCUT2D eigenvalue weighted by Gasteiger charge is -2.31. The van der Waals surface area contributed by atoms with Crippen LogP contribution in [0.4, 0.5) is 0 Å². The molecule has 5 nitrogen and oxygen atoms in total. The Morgan fingerprint density at radius 1 is 1.39 bits per heavy atom. The SMILES string of the molecule is CN(CCC(N)=S)C(=O)CN(C)C1CCOCC1. The Bertz CT molecular complexity index is 293. The molecule has 0 radical (unpaired) electrons. The molecule has 1 rings (SSSR count). The van der Waals surface area contributed by atoms with Gasteiger partial charge in [0.1, 0.15) is 0 Å². The highest BCUT2D eigenvalue weighted by Crippen LogP contribution is 2.12. The van der Waals surface area contributed by atoms with E-state index in [1.807, 2.05) is 7.05 Å². The highest BCUT2D eigenvalue weighted by atomic mass is 32.1. The summed E-state index contributed by atoms with van der Waals surface area (Å²) in [5, 5.41) is 0. The number of amides is 1. The van der Waals surface area contributed by atoms with E-state index in [9.17, 15) is 4.79 Å². The van der Waals surface area contributed by atoms with Crippen LogP contribution in [0.3, 0.4) is 0 Å². The minimum absolute atomic E-state index is 0.111. The minimum atomic E-state index is 0.111. The molecule has 0 unspecified atom stereocenters. The lowest BCUT2D eigenvalue weighted by atomic mass is 10.1. The van der Waals surface area contributed by atoms with Crippen LogP contribution in [-0.4, -0.2) is 67.1 Å². The first-order valence-corrected chi connectivity index (χ1v) is 6.71. The van der Waals surface area contributed by atoms with Crippen molar-refractivity contribution in [1.82, 2.24) is 9.80 Å². The quantitative estimate of drug-likeness (QED) is 0.702. The third-order valence-electron chi connectivity index (χ3n) is 3.32. The van der Waals surface area contributed by atoms with Gasteiger partial charge in [-0.15, -0.1) is 0 Å². The fraction of sp³-hybridized carbons (Fsp3) is 0.833. The molecule has 1 aliphatic heterocycles. The Labute approximate surface area is 114 Å². The van der Waals surface area contributed by atoms with E-state index in [1.54, 1.807) is 11.9 Å². The molecule has 104 valence electrons. The van der Waals surface area contributed by atoms with E-state index in [4.69, 9.17) is 22.7 Å². The van der Waals surface area contributed by atoms with Crippen LogP contribution in [0, 0.1) is 0 Å². The van der Waals surface area contributed by atoms with E-state index in [-0.39, 0.29) is 5.91 Å². The van der Waals surface area contributed by atoms with Gasteiger partial charge in [0.2, 0.25) is 5.91 Å². The summed E-state index contributed by atoms with van der Waals surface area (Å²) in [5.74, 6) is 0.111. The molecule has 0 aromatic heterocycles. The lowest BCUT2D eigenvalue weighted by molar-refractivity contribution is -0.131. The van der Waals surface area contributed by atoms with Crippen molar-refractivity contribution in [1.29, 1.82) is 0 Å². The molecule has 1 fully saturated rings. The number of thiocarbonyl (C=S) groups is 1. The summed E-state index contributed by atoms with van der Waals surface area (Å²) in [6.07, 6.45) is 2.58. The molecular formula is C12H23N3O2S. The molecule has 1 amide bonds. The number of nitrogens with two attached hydrogens (primary N) is 1. The van der Waals surface area contributed by atoms with Gasteiger partial charge in [-0.3, -0.25) is 9.69 Å². The topological polar surface area (TPSA) is 58.8 Å². The molecule has 0 bridgehead atoms. The Morgan fingerprint density at radius 3 is 2.56 bits per heavy atom. The first-order chi connectivity index (χ1) is 8.50. The summed E-state index contributed by atoms with van der Waals surface area (Å²) in [7, 11) is 3.79. The van der Waals surface area contributed by atoms with Crippen LogP contribution in [0.2, 0.25) is 0 Å². The predicted molar refractivity (Wildman–Crippen MR) is 75.5 cm³/mol. The molecule has 0 aromatic carbocycles. The largest absolute Gasteiger partial charge is 0.393 e. The fourth-order valence-corrected chi connectivity index (χ4v) is 2.08. The number of likely N-dealkylation sites (N-methyl/N-ethyl adjacent to an activating group) is 2. The molecular weight excluding hydrogens is 250 g/mol. The number of ether oxygens (including phenoxy) is 1. The number of carbonyl (C=O) groups excluding carboxylic acids is 1. The average Bonchev–Trinajstić information content (AvgIpc) is 2.36. The second kappa shape index (κ2) is 7.66. The Balaban J connectivity index is 2.31. The molecule has 0 spiro atoms.